The van der Waals surface area contributed by atoms with Crippen molar-refractivity contribution >= 4 is 0 Å². The van der Waals surface area contributed by atoms with Gasteiger partial charge < -0.3 is 5.73 Å². The summed E-state index contributed by atoms with van der Waals surface area (Å²) in [6.07, 6.45) is 4.35. The molecule has 1 aromatic carbocycles. The molecule has 3 rings (SSSR count). The SMILES string of the molecule is CCc1nn(Cc2ccc(F)cc2)c2c1C(CN)CCC2. The van der Waals surface area contributed by atoms with Crippen molar-refractivity contribution in [2.45, 2.75) is 45.1 Å². The van der Waals surface area contributed by atoms with Gasteiger partial charge in [0, 0.05) is 11.3 Å². The molecule has 1 unspecified atom stereocenters. The van der Waals surface area contributed by atoms with Crippen LogP contribution in [0.5, 0.6) is 0 Å². The molecule has 1 heterocycles. The van der Waals surface area contributed by atoms with Crippen molar-refractivity contribution in [3.05, 3.63) is 52.6 Å². The van der Waals surface area contributed by atoms with Crippen LogP contribution in [0.25, 0.3) is 0 Å². The first-order valence-corrected chi connectivity index (χ1v) is 7.75. The van der Waals surface area contributed by atoms with Crippen molar-refractivity contribution in [3.8, 4) is 0 Å². The molecule has 4 heteroatoms. The Morgan fingerprint density at radius 2 is 2.10 bits per heavy atom. The molecule has 0 bridgehead atoms. The Labute approximate surface area is 125 Å². The number of aryl methyl sites for hydroxylation is 1. The minimum atomic E-state index is -0.196. The predicted molar refractivity (Wildman–Crippen MR) is 81.8 cm³/mol. The first-order chi connectivity index (χ1) is 10.2. The summed E-state index contributed by atoms with van der Waals surface area (Å²) in [5, 5.41) is 4.79. The average Bonchev–Trinajstić information content (AvgIpc) is 2.87. The van der Waals surface area contributed by atoms with Gasteiger partial charge in [0.15, 0.2) is 0 Å². The number of benzene rings is 1. The van der Waals surface area contributed by atoms with Gasteiger partial charge >= 0.3 is 0 Å². The molecule has 2 N–H and O–H groups in total. The maximum Gasteiger partial charge on any atom is 0.123 e. The van der Waals surface area contributed by atoms with Gasteiger partial charge in [-0.3, -0.25) is 4.68 Å². The smallest absolute Gasteiger partial charge is 0.123 e. The molecule has 1 aliphatic carbocycles. The molecule has 3 nitrogen and oxygen atoms in total. The number of hydrogen-bond acceptors (Lipinski definition) is 2. The highest BCUT2D eigenvalue weighted by Gasteiger charge is 2.26. The second kappa shape index (κ2) is 5.98. The van der Waals surface area contributed by atoms with Crippen LogP contribution in [-0.4, -0.2) is 16.3 Å². The Morgan fingerprint density at radius 1 is 1.33 bits per heavy atom. The molecule has 0 fully saturated rings. The van der Waals surface area contributed by atoms with E-state index in [9.17, 15) is 4.39 Å². The molecular weight excluding hydrogens is 265 g/mol. The molecule has 0 spiro atoms. The molecule has 1 aromatic heterocycles. The molecule has 2 aromatic rings. The Balaban J connectivity index is 1.96. The van der Waals surface area contributed by atoms with Crippen molar-refractivity contribution in [1.29, 1.82) is 0 Å². The third kappa shape index (κ3) is 2.72. The standard InChI is InChI=1S/C17H22FN3/c1-2-15-17-13(10-19)4-3-5-16(17)21(20-15)11-12-6-8-14(18)9-7-12/h6-9,13H,2-5,10-11,19H2,1H3. The Morgan fingerprint density at radius 3 is 2.76 bits per heavy atom. The van der Waals surface area contributed by atoms with Gasteiger partial charge in [-0.05, 0) is 55.8 Å². The minimum absolute atomic E-state index is 0.196. The average molecular weight is 287 g/mol. The van der Waals surface area contributed by atoms with Crippen molar-refractivity contribution < 1.29 is 4.39 Å². The summed E-state index contributed by atoms with van der Waals surface area (Å²) in [4.78, 5) is 0. The summed E-state index contributed by atoms with van der Waals surface area (Å²) in [6, 6.07) is 6.68. The fourth-order valence-electron chi connectivity index (χ4n) is 3.35. The molecule has 1 aliphatic rings. The Bertz CT molecular complexity index is 616. The lowest BCUT2D eigenvalue weighted by atomic mass is 9.85. The van der Waals surface area contributed by atoms with E-state index in [1.54, 1.807) is 0 Å². The molecule has 1 atom stereocenters. The number of nitrogens with zero attached hydrogens (tertiary/aromatic N) is 2. The van der Waals surface area contributed by atoms with Gasteiger partial charge in [-0.1, -0.05) is 19.1 Å². The highest BCUT2D eigenvalue weighted by molar-refractivity contribution is 5.34. The predicted octanol–water partition coefficient (Wildman–Crippen LogP) is 3.01. The lowest BCUT2D eigenvalue weighted by Crippen LogP contribution is -2.20. The van der Waals surface area contributed by atoms with Gasteiger partial charge in [0.1, 0.15) is 5.82 Å². The van der Waals surface area contributed by atoms with Crippen LogP contribution in [0.2, 0.25) is 0 Å². The van der Waals surface area contributed by atoms with Crippen LogP contribution < -0.4 is 5.73 Å². The quantitative estimate of drug-likeness (QED) is 0.939. The highest BCUT2D eigenvalue weighted by Crippen LogP contribution is 2.34. The molecule has 0 amide bonds. The summed E-state index contributed by atoms with van der Waals surface area (Å²) >= 11 is 0. The van der Waals surface area contributed by atoms with Crippen LogP contribution in [0.1, 0.15) is 48.2 Å². The number of nitrogens with two attached hydrogens (primary N) is 1. The van der Waals surface area contributed by atoms with E-state index in [4.69, 9.17) is 10.8 Å². The summed E-state index contributed by atoms with van der Waals surface area (Å²) in [6.45, 7) is 3.55. The largest absolute Gasteiger partial charge is 0.330 e. The summed E-state index contributed by atoms with van der Waals surface area (Å²) in [5.41, 5.74) is 10.9. The lowest BCUT2D eigenvalue weighted by molar-refractivity contribution is 0.531. The van der Waals surface area contributed by atoms with E-state index in [0.29, 0.717) is 19.0 Å². The van der Waals surface area contributed by atoms with Gasteiger partial charge in [0.25, 0.3) is 0 Å². The van der Waals surface area contributed by atoms with Gasteiger partial charge in [-0.25, -0.2) is 4.39 Å². The van der Waals surface area contributed by atoms with Crippen molar-refractivity contribution in [3.63, 3.8) is 0 Å². The van der Waals surface area contributed by atoms with E-state index in [1.807, 2.05) is 12.1 Å². The summed E-state index contributed by atoms with van der Waals surface area (Å²) in [7, 11) is 0. The third-order valence-corrected chi connectivity index (χ3v) is 4.41. The van der Waals surface area contributed by atoms with E-state index >= 15 is 0 Å². The number of fused-ring (bicyclic) bond motifs is 1. The number of halogens is 1. The van der Waals surface area contributed by atoms with Crippen LogP contribution in [-0.2, 0) is 19.4 Å². The zero-order valence-corrected chi connectivity index (χ0v) is 12.5. The molecule has 112 valence electrons. The second-order valence-corrected chi connectivity index (χ2v) is 5.77. The van der Waals surface area contributed by atoms with Gasteiger partial charge in [0.05, 0.1) is 12.2 Å². The molecule has 0 saturated carbocycles. The molecule has 21 heavy (non-hydrogen) atoms. The highest BCUT2D eigenvalue weighted by atomic mass is 19.1. The van der Waals surface area contributed by atoms with Crippen molar-refractivity contribution in [2.24, 2.45) is 5.73 Å². The third-order valence-electron chi connectivity index (χ3n) is 4.41. The number of aromatic nitrogens is 2. The maximum atomic E-state index is 13.0. The normalized spacial score (nSPS) is 17.8. The van der Waals surface area contributed by atoms with E-state index < -0.39 is 0 Å². The fourth-order valence-corrected chi connectivity index (χ4v) is 3.35. The monoisotopic (exact) mass is 287 g/mol. The van der Waals surface area contributed by atoms with E-state index in [0.717, 1.165) is 18.4 Å². The molecule has 0 aliphatic heterocycles. The van der Waals surface area contributed by atoms with Crippen molar-refractivity contribution in [1.82, 2.24) is 9.78 Å². The maximum absolute atomic E-state index is 13.0. The Kier molecular flexibility index (Phi) is 4.06. The number of hydrogen-bond donors (Lipinski definition) is 1. The fraction of sp³-hybridized carbons (Fsp3) is 0.471. The zero-order chi connectivity index (χ0) is 14.8. The van der Waals surface area contributed by atoms with Crippen LogP contribution in [0.3, 0.4) is 0 Å². The summed E-state index contributed by atoms with van der Waals surface area (Å²) < 4.78 is 15.1. The zero-order valence-electron chi connectivity index (χ0n) is 12.5. The topological polar surface area (TPSA) is 43.8 Å². The van der Waals surface area contributed by atoms with E-state index in [-0.39, 0.29) is 5.82 Å². The van der Waals surface area contributed by atoms with Gasteiger partial charge in [0.2, 0.25) is 0 Å². The molecule has 0 saturated heterocycles. The van der Waals surface area contributed by atoms with Crippen LogP contribution in [0.15, 0.2) is 24.3 Å². The molecule has 0 radical (unpaired) electrons. The van der Waals surface area contributed by atoms with E-state index in [2.05, 4.69) is 11.6 Å². The van der Waals surface area contributed by atoms with Crippen LogP contribution in [0, 0.1) is 5.82 Å². The van der Waals surface area contributed by atoms with Crippen molar-refractivity contribution in [2.75, 3.05) is 6.54 Å². The Hall–Kier alpha value is -1.68. The first kappa shape index (κ1) is 14.3. The van der Waals surface area contributed by atoms with E-state index in [1.165, 1.54) is 41.9 Å². The first-order valence-electron chi connectivity index (χ1n) is 7.75. The van der Waals surface area contributed by atoms with Gasteiger partial charge in [-0.2, -0.15) is 5.10 Å². The summed E-state index contributed by atoms with van der Waals surface area (Å²) in [5.74, 6) is 0.254. The molecular formula is C17H22FN3. The van der Waals surface area contributed by atoms with Crippen LogP contribution >= 0.6 is 0 Å². The second-order valence-electron chi connectivity index (χ2n) is 5.77. The van der Waals surface area contributed by atoms with Crippen LogP contribution in [0.4, 0.5) is 4.39 Å². The lowest BCUT2D eigenvalue weighted by Gasteiger charge is -2.22. The minimum Gasteiger partial charge on any atom is -0.330 e. The van der Waals surface area contributed by atoms with Gasteiger partial charge in [-0.15, -0.1) is 0 Å². The number of rotatable bonds is 4.